The Morgan fingerprint density at radius 2 is 2.24 bits per heavy atom. The summed E-state index contributed by atoms with van der Waals surface area (Å²) in [5.74, 6) is -1.19. The Kier molecular flexibility index (Phi) is 5.25. The van der Waals surface area contributed by atoms with E-state index in [-0.39, 0.29) is 37.0 Å². The molecule has 1 heterocycles. The fraction of sp³-hybridized carbons (Fsp3) is 0.533. The number of amides is 1. The topological polar surface area (TPSA) is 66.6 Å². The molecule has 2 atom stereocenters. The van der Waals surface area contributed by atoms with Crippen molar-refractivity contribution in [2.45, 2.75) is 37.8 Å². The highest BCUT2D eigenvalue weighted by Crippen LogP contribution is 2.19. The number of halogens is 2. The Bertz CT molecular complexity index is 510. The van der Waals surface area contributed by atoms with Crippen LogP contribution in [0.25, 0.3) is 0 Å². The van der Waals surface area contributed by atoms with Crippen LogP contribution < -0.4 is 5.73 Å². The molecule has 3 N–H and O–H groups in total. The third-order valence-electron chi connectivity index (χ3n) is 3.83. The summed E-state index contributed by atoms with van der Waals surface area (Å²) in [6.45, 7) is 0.560. The van der Waals surface area contributed by atoms with Gasteiger partial charge in [-0.1, -0.05) is 0 Å². The monoisotopic (exact) mass is 298 g/mol. The second kappa shape index (κ2) is 6.95. The van der Waals surface area contributed by atoms with Gasteiger partial charge in [0.25, 0.3) is 0 Å². The average molecular weight is 298 g/mol. The lowest BCUT2D eigenvalue weighted by Crippen LogP contribution is -2.41. The lowest BCUT2D eigenvalue weighted by molar-refractivity contribution is -0.133. The van der Waals surface area contributed by atoms with Gasteiger partial charge < -0.3 is 15.7 Å². The average Bonchev–Trinajstić information content (AvgIpc) is 2.91. The van der Waals surface area contributed by atoms with Crippen molar-refractivity contribution in [1.29, 1.82) is 0 Å². The number of carbonyl (C=O) groups is 1. The number of aliphatic hydroxyl groups is 1. The van der Waals surface area contributed by atoms with E-state index in [0.717, 1.165) is 31.0 Å². The van der Waals surface area contributed by atoms with Crippen LogP contribution in [0.4, 0.5) is 8.78 Å². The highest BCUT2D eigenvalue weighted by molar-refractivity contribution is 5.77. The van der Waals surface area contributed by atoms with E-state index in [1.54, 1.807) is 4.90 Å². The van der Waals surface area contributed by atoms with Gasteiger partial charge in [-0.15, -0.1) is 0 Å². The molecule has 1 aliphatic heterocycles. The molecule has 0 radical (unpaired) electrons. The summed E-state index contributed by atoms with van der Waals surface area (Å²) >= 11 is 0. The van der Waals surface area contributed by atoms with Gasteiger partial charge in [0.15, 0.2) is 0 Å². The number of nitrogens with zero attached hydrogens (tertiary/aromatic N) is 1. The lowest BCUT2D eigenvalue weighted by atomic mass is 10.0. The Morgan fingerprint density at radius 1 is 1.48 bits per heavy atom. The second-order valence-electron chi connectivity index (χ2n) is 5.47. The van der Waals surface area contributed by atoms with Crippen LogP contribution in [0.3, 0.4) is 0 Å². The van der Waals surface area contributed by atoms with Gasteiger partial charge in [0.1, 0.15) is 11.6 Å². The molecule has 0 spiro atoms. The third-order valence-corrected chi connectivity index (χ3v) is 3.83. The zero-order valence-electron chi connectivity index (χ0n) is 11.8. The quantitative estimate of drug-likeness (QED) is 0.858. The molecule has 1 aromatic carbocycles. The third kappa shape index (κ3) is 3.98. The molecule has 1 fully saturated rings. The van der Waals surface area contributed by atoms with E-state index in [2.05, 4.69) is 0 Å². The number of rotatable bonds is 5. The number of nitrogens with two attached hydrogens (primary N) is 1. The van der Waals surface area contributed by atoms with Gasteiger partial charge in [0.05, 0.1) is 12.6 Å². The molecule has 2 rings (SSSR count). The largest absolute Gasteiger partial charge is 0.394 e. The van der Waals surface area contributed by atoms with Crippen LogP contribution in [-0.4, -0.2) is 41.1 Å². The minimum Gasteiger partial charge on any atom is -0.394 e. The zero-order chi connectivity index (χ0) is 15.4. The highest BCUT2D eigenvalue weighted by atomic mass is 19.1. The smallest absolute Gasteiger partial charge is 0.224 e. The zero-order valence-corrected chi connectivity index (χ0v) is 11.8. The Morgan fingerprint density at radius 3 is 2.95 bits per heavy atom. The van der Waals surface area contributed by atoms with Crippen LogP contribution in [0.1, 0.15) is 24.8 Å². The van der Waals surface area contributed by atoms with Crippen molar-refractivity contribution in [2.75, 3.05) is 13.2 Å². The maximum absolute atomic E-state index is 13.5. The summed E-state index contributed by atoms with van der Waals surface area (Å²) in [6.07, 6.45) is 1.82. The molecule has 0 aromatic heterocycles. The van der Waals surface area contributed by atoms with Gasteiger partial charge in [0, 0.05) is 19.0 Å². The molecule has 4 nitrogen and oxygen atoms in total. The van der Waals surface area contributed by atoms with E-state index in [4.69, 9.17) is 5.73 Å². The molecule has 0 unspecified atom stereocenters. The molecule has 1 aliphatic rings. The Hall–Kier alpha value is -1.53. The van der Waals surface area contributed by atoms with Crippen LogP contribution in [0.2, 0.25) is 0 Å². The van der Waals surface area contributed by atoms with Crippen molar-refractivity contribution in [1.82, 2.24) is 4.90 Å². The second-order valence-corrected chi connectivity index (χ2v) is 5.47. The predicted molar refractivity (Wildman–Crippen MR) is 74.5 cm³/mol. The molecule has 0 bridgehead atoms. The molecule has 116 valence electrons. The van der Waals surface area contributed by atoms with Crippen molar-refractivity contribution in [2.24, 2.45) is 5.73 Å². The van der Waals surface area contributed by atoms with Crippen LogP contribution in [0, 0.1) is 11.6 Å². The summed E-state index contributed by atoms with van der Waals surface area (Å²) in [4.78, 5) is 13.8. The first-order chi connectivity index (χ1) is 10.0. The maximum atomic E-state index is 13.5. The standard InChI is InChI=1S/C15H20F2N2O2/c16-11-3-4-14(17)10(6-11)7-12(18)8-15(21)19-5-1-2-13(19)9-20/h3-4,6,12-13,20H,1-2,5,7-9,18H2/t12-,13+/m1/s1. The van der Waals surface area contributed by atoms with Gasteiger partial charge >= 0.3 is 0 Å². The predicted octanol–water partition coefficient (Wildman–Crippen LogP) is 1.21. The number of aliphatic hydroxyl groups excluding tert-OH is 1. The van der Waals surface area contributed by atoms with Crippen LogP contribution in [-0.2, 0) is 11.2 Å². The van der Waals surface area contributed by atoms with E-state index < -0.39 is 17.7 Å². The Balaban J connectivity index is 1.93. The van der Waals surface area contributed by atoms with Crippen molar-refractivity contribution in [3.05, 3.63) is 35.4 Å². The minimum atomic E-state index is -0.575. The van der Waals surface area contributed by atoms with Crippen LogP contribution >= 0.6 is 0 Å². The number of benzene rings is 1. The van der Waals surface area contributed by atoms with Crippen molar-refractivity contribution < 1.29 is 18.7 Å². The SMILES string of the molecule is N[C@@H](CC(=O)N1CCC[C@H]1CO)Cc1cc(F)ccc1F. The van der Waals surface area contributed by atoms with Crippen LogP contribution in [0.5, 0.6) is 0 Å². The van der Waals surface area contributed by atoms with E-state index in [1.807, 2.05) is 0 Å². The number of carbonyl (C=O) groups excluding carboxylic acids is 1. The van der Waals surface area contributed by atoms with E-state index >= 15 is 0 Å². The molecular weight excluding hydrogens is 278 g/mol. The molecule has 0 saturated carbocycles. The minimum absolute atomic E-state index is 0.0560. The van der Waals surface area contributed by atoms with Gasteiger partial charge in [-0.2, -0.15) is 0 Å². The van der Waals surface area contributed by atoms with Gasteiger partial charge in [-0.25, -0.2) is 8.78 Å². The van der Waals surface area contributed by atoms with E-state index in [0.29, 0.717) is 6.54 Å². The summed E-state index contributed by atoms with van der Waals surface area (Å²) in [5.41, 5.74) is 6.06. The lowest BCUT2D eigenvalue weighted by Gasteiger charge is -2.24. The molecule has 1 saturated heterocycles. The maximum Gasteiger partial charge on any atom is 0.224 e. The first kappa shape index (κ1) is 15.9. The number of hydrogen-bond donors (Lipinski definition) is 2. The first-order valence-corrected chi connectivity index (χ1v) is 7.11. The number of hydrogen-bond acceptors (Lipinski definition) is 3. The molecule has 1 amide bonds. The number of likely N-dealkylation sites (tertiary alicyclic amines) is 1. The first-order valence-electron chi connectivity index (χ1n) is 7.11. The molecule has 21 heavy (non-hydrogen) atoms. The normalized spacial score (nSPS) is 19.8. The fourth-order valence-corrected chi connectivity index (χ4v) is 2.75. The summed E-state index contributed by atoms with van der Waals surface area (Å²) < 4.78 is 26.6. The molecule has 0 aliphatic carbocycles. The molecule has 1 aromatic rings. The van der Waals surface area contributed by atoms with Gasteiger partial charge in [0.2, 0.25) is 5.91 Å². The van der Waals surface area contributed by atoms with Crippen LogP contribution in [0.15, 0.2) is 18.2 Å². The van der Waals surface area contributed by atoms with Gasteiger partial charge in [-0.05, 0) is 43.0 Å². The van der Waals surface area contributed by atoms with E-state index in [1.165, 1.54) is 0 Å². The summed E-state index contributed by atoms with van der Waals surface area (Å²) in [5, 5.41) is 9.21. The van der Waals surface area contributed by atoms with E-state index in [9.17, 15) is 18.7 Å². The van der Waals surface area contributed by atoms with Crippen molar-refractivity contribution in [3.8, 4) is 0 Å². The Labute approximate surface area is 122 Å². The summed E-state index contributed by atoms with van der Waals surface area (Å²) in [6, 6.07) is 2.49. The fourth-order valence-electron chi connectivity index (χ4n) is 2.75. The van der Waals surface area contributed by atoms with Crippen molar-refractivity contribution in [3.63, 3.8) is 0 Å². The molecule has 6 heteroatoms. The molecular formula is C15H20F2N2O2. The van der Waals surface area contributed by atoms with Gasteiger partial charge in [-0.3, -0.25) is 4.79 Å². The highest BCUT2D eigenvalue weighted by Gasteiger charge is 2.28. The van der Waals surface area contributed by atoms with Crippen molar-refractivity contribution >= 4 is 5.91 Å². The summed E-state index contributed by atoms with van der Waals surface area (Å²) in [7, 11) is 0.